The van der Waals surface area contributed by atoms with Gasteiger partial charge in [-0.3, -0.25) is 4.79 Å². The maximum Gasteiger partial charge on any atom is 0.165 e. The van der Waals surface area contributed by atoms with Crippen LogP contribution in [-0.2, 0) is 0 Å². The van der Waals surface area contributed by atoms with Crippen molar-refractivity contribution in [2.75, 3.05) is 5.73 Å². The molecule has 78 valence electrons. The van der Waals surface area contributed by atoms with E-state index in [4.69, 9.17) is 17.3 Å². The van der Waals surface area contributed by atoms with E-state index in [2.05, 4.69) is 11.8 Å². The SMILES string of the molecule is CC#CCCC(=O)c1ccc(Cl)cc1N. The number of ketones is 1. The van der Waals surface area contributed by atoms with Crippen molar-refractivity contribution in [2.24, 2.45) is 0 Å². The Hall–Kier alpha value is -1.46. The molecule has 0 fully saturated rings. The van der Waals surface area contributed by atoms with E-state index in [1.165, 1.54) is 0 Å². The second-order valence-electron chi connectivity index (χ2n) is 3.08. The Bertz CT molecular complexity index is 429. The Balaban J connectivity index is 2.76. The lowest BCUT2D eigenvalue weighted by molar-refractivity contribution is 0.0985. The summed E-state index contributed by atoms with van der Waals surface area (Å²) in [5.41, 5.74) is 6.64. The number of anilines is 1. The lowest BCUT2D eigenvalue weighted by atomic mass is 10.1. The summed E-state index contributed by atoms with van der Waals surface area (Å²) < 4.78 is 0. The average molecular weight is 222 g/mol. The molecule has 0 aromatic heterocycles. The number of carbonyl (C=O) groups excluding carboxylic acids is 1. The third kappa shape index (κ3) is 3.30. The molecule has 0 aliphatic carbocycles. The first-order valence-corrected chi connectivity index (χ1v) is 5.00. The van der Waals surface area contributed by atoms with Crippen molar-refractivity contribution in [3.05, 3.63) is 28.8 Å². The Kier molecular flexibility index (Phi) is 4.20. The molecule has 0 aliphatic rings. The summed E-state index contributed by atoms with van der Waals surface area (Å²) in [4.78, 5) is 11.7. The zero-order valence-electron chi connectivity index (χ0n) is 8.51. The second-order valence-corrected chi connectivity index (χ2v) is 3.52. The monoisotopic (exact) mass is 221 g/mol. The van der Waals surface area contributed by atoms with Crippen LogP contribution in [-0.4, -0.2) is 5.78 Å². The number of hydrogen-bond donors (Lipinski definition) is 1. The van der Waals surface area contributed by atoms with Crippen molar-refractivity contribution >= 4 is 23.1 Å². The molecule has 0 radical (unpaired) electrons. The van der Waals surface area contributed by atoms with Gasteiger partial charge in [0.2, 0.25) is 0 Å². The van der Waals surface area contributed by atoms with Gasteiger partial charge in [0.15, 0.2) is 5.78 Å². The van der Waals surface area contributed by atoms with Crippen LogP contribution in [0.2, 0.25) is 5.02 Å². The number of benzene rings is 1. The molecule has 2 nitrogen and oxygen atoms in total. The minimum Gasteiger partial charge on any atom is -0.398 e. The smallest absolute Gasteiger partial charge is 0.165 e. The molecule has 2 N–H and O–H groups in total. The van der Waals surface area contributed by atoms with Crippen LogP contribution in [0.4, 0.5) is 5.69 Å². The van der Waals surface area contributed by atoms with E-state index in [0.717, 1.165) is 0 Å². The number of hydrogen-bond acceptors (Lipinski definition) is 2. The summed E-state index contributed by atoms with van der Waals surface area (Å²) in [5, 5.41) is 0.539. The molecule has 0 saturated carbocycles. The molecular weight excluding hydrogens is 210 g/mol. The van der Waals surface area contributed by atoms with Crippen LogP contribution in [0.25, 0.3) is 0 Å². The van der Waals surface area contributed by atoms with Gasteiger partial charge in [-0.05, 0) is 25.1 Å². The number of rotatable bonds is 3. The molecule has 0 bridgehead atoms. The highest BCUT2D eigenvalue weighted by Gasteiger charge is 2.08. The van der Waals surface area contributed by atoms with E-state index < -0.39 is 0 Å². The molecule has 1 aromatic rings. The van der Waals surface area contributed by atoms with Crippen LogP contribution in [0, 0.1) is 11.8 Å². The Morgan fingerprint density at radius 1 is 1.53 bits per heavy atom. The molecule has 0 unspecified atom stereocenters. The van der Waals surface area contributed by atoms with E-state index in [9.17, 15) is 4.79 Å². The van der Waals surface area contributed by atoms with E-state index in [1.807, 2.05) is 0 Å². The van der Waals surface area contributed by atoms with E-state index in [-0.39, 0.29) is 5.78 Å². The predicted molar refractivity (Wildman–Crippen MR) is 62.9 cm³/mol. The summed E-state index contributed by atoms with van der Waals surface area (Å²) >= 11 is 5.73. The fourth-order valence-electron chi connectivity index (χ4n) is 1.22. The predicted octanol–water partition coefficient (Wildman–Crippen LogP) is 2.91. The molecule has 0 saturated heterocycles. The molecule has 3 heteroatoms. The number of nitrogens with two attached hydrogens (primary N) is 1. The summed E-state index contributed by atoms with van der Waals surface area (Å²) in [6.07, 6.45) is 0.962. The minimum atomic E-state index is 0.00640. The number of nitrogen functional groups attached to an aromatic ring is 1. The van der Waals surface area contributed by atoms with Gasteiger partial charge in [-0.1, -0.05) is 11.6 Å². The molecular formula is C12H12ClNO. The zero-order chi connectivity index (χ0) is 11.3. The molecule has 0 spiro atoms. The van der Waals surface area contributed by atoms with Gasteiger partial charge in [0.1, 0.15) is 0 Å². The van der Waals surface area contributed by atoms with Crippen LogP contribution in [0.3, 0.4) is 0 Å². The van der Waals surface area contributed by atoms with Gasteiger partial charge >= 0.3 is 0 Å². The van der Waals surface area contributed by atoms with Crippen molar-refractivity contribution < 1.29 is 4.79 Å². The van der Waals surface area contributed by atoms with Crippen LogP contribution in [0.5, 0.6) is 0 Å². The largest absolute Gasteiger partial charge is 0.398 e. The van der Waals surface area contributed by atoms with E-state index in [1.54, 1.807) is 25.1 Å². The summed E-state index contributed by atoms with van der Waals surface area (Å²) in [6.45, 7) is 1.75. The first-order valence-electron chi connectivity index (χ1n) is 4.63. The van der Waals surface area contributed by atoms with Crippen LogP contribution in [0.1, 0.15) is 30.1 Å². The van der Waals surface area contributed by atoms with Crippen molar-refractivity contribution in [2.45, 2.75) is 19.8 Å². The van der Waals surface area contributed by atoms with Crippen LogP contribution in [0.15, 0.2) is 18.2 Å². The normalized spacial score (nSPS) is 9.20. The van der Waals surface area contributed by atoms with E-state index >= 15 is 0 Å². The average Bonchev–Trinajstić information content (AvgIpc) is 2.17. The number of carbonyl (C=O) groups is 1. The van der Waals surface area contributed by atoms with Gasteiger partial charge < -0.3 is 5.73 Å². The Morgan fingerprint density at radius 3 is 2.87 bits per heavy atom. The summed E-state index contributed by atoms with van der Waals surface area (Å²) in [7, 11) is 0. The highest BCUT2D eigenvalue weighted by Crippen LogP contribution is 2.19. The van der Waals surface area contributed by atoms with E-state index in [0.29, 0.717) is 29.1 Å². The minimum absolute atomic E-state index is 0.00640. The Labute approximate surface area is 94.4 Å². The molecule has 0 amide bonds. The molecule has 15 heavy (non-hydrogen) atoms. The van der Waals surface area contributed by atoms with Gasteiger partial charge in [-0.2, -0.15) is 0 Å². The third-order valence-electron chi connectivity index (χ3n) is 1.97. The fraction of sp³-hybridized carbons (Fsp3) is 0.250. The van der Waals surface area contributed by atoms with Gasteiger partial charge in [0, 0.05) is 29.1 Å². The maximum absolute atomic E-state index is 11.7. The van der Waals surface area contributed by atoms with Crippen molar-refractivity contribution in [3.63, 3.8) is 0 Å². The van der Waals surface area contributed by atoms with Crippen LogP contribution < -0.4 is 5.73 Å². The maximum atomic E-state index is 11.7. The Morgan fingerprint density at radius 2 is 2.27 bits per heavy atom. The van der Waals surface area contributed by atoms with Gasteiger partial charge in [0.25, 0.3) is 0 Å². The number of Topliss-reactive ketones (excluding diaryl/α,β-unsaturated/α-hetero) is 1. The van der Waals surface area contributed by atoms with Gasteiger partial charge in [-0.15, -0.1) is 11.8 Å². The topological polar surface area (TPSA) is 43.1 Å². The fourth-order valence-corrected chi connectivity index (χ4v) is 1.40. The van der Waals surface area contributed by atoms with Crippen molar-refractivity contribution in [3.8, 4) is 11.8 Å². The standard InChI is InChI=1S/C12H12ClNO/c1-2-3-4-5-12(15)10-7-6-9(13)8-11(10)14/h6-8H,4-5,14H2,1H3. The third-order valence-corrected chi connectivity index (χ3v) is 2.20. The zero-order valence-corrected chi connectivity index (χ0v) is 9.27. The molecule has 0 atom stereocenters. The highest BCUT2D eigenvalue weighted by molar-refractivity contribution is 6.31. The van der Waals surface area contributed by atoms with Gasteiger partial charge in [-0.25, -0.2) is 0 Å². The van der Waals surface area contributed by atoms with Gasteiger partial charge in [0.05, 0.1) is 0 Å². The van der Waals surface area contributed by atoms with Crippen molar-refractivity contribution in [1.29, 1.82) is 0 Å². The van der Waals surface area contributed by atoms with Crippen molar-refractivity contribution in [1.82, 2.24) is 0 Å². The first-order chi connectivity index (χ1) is 7.15. The lowest BCUT2D eigenvalue weighted by Crippen LogP contribution is -2.03. The summed E-state index contributed by atoms with van der Waals surface area (Å²) in [5.74, 6) is 5.59. The highest BCUT2D eigenvalue weighted by atomic mass is 35.5. The second kappa shape index (κ2) is 5.43. The summed E-state index contributed by atoms with van der Waals surface area (Å²) in [6, 6.07) is 4.90. The first kappa shape index (κ1) is 11.6. The molecule has 1 aromatic carbocycles. The lowest BCUT2D eigenvalue weighted by Gasteiger charge is -2.03. The molecule has 0 heterocycles. The molecule has 0 aliphatic heterocycles. The van der Waals surface area contributed by atoms with Crippen LogP contribution >= 0.6 is 11.6 Å². The molecule has 1 rings (SSSR count). The number of halogens is 1. The quantitative estimate of drug-likeness (QED) is 0.485.